The molecular formula is C27H24ClNO5. The number of rotatable bonds is 7. The van der Waals surface area contributed by atoms with E-state index in [4.69, 9.17) is 21.1 Å². The van der Waals surface area contributed by atoms with Crippen molar-refractivity contribution in [2.24, 2.45) is 0 Å². The molecule has 7 heteroatoms. The fraction of sp³-hybridized carbons (Fsp3) is 0.185. The normalized spacial score (nSPS) is 17.1. The summed E-state index contributed by atoms with van der Waals surface area (Å²) >= 11 is 6.10. The summed E-state index contributed by atoms with van der Waals surface area (Å²) in [5.74, 6) is -0.469. The Morgan fingerprint density at radius 3 is 2.06 bits per heavy atom. The number of carbonyl (C=O) groups excluding carboxylic acids is 2. The minimum atomic E-state index is -0.840. The van der Waals surface area contributed by atoms with Crippen molar-refractivity contribution < 1.29 is 24.2 Å². The van der Waals surface area contributed by atoms with E-state index in [9.17, 15) is 14.7 Å². The van der Waals surface area contributed by atoms with Gasteiger partial charge in [0.25, 0.3) is 11.7 Å². The molecule has 1 fully saturated rings. The average Bonchev–Trinajstić information content (AvgIpc) is 3.10. The van der Waals surface area contributed by atoms with E-state index in [1.165, 1.54) is 4.90 Å². The highest BCUT2D eigenvalue weighted by atomic mass is 35.5. The summed E-state index contributed by atoms with van der Waals surface area (Å²) in [6, 6.07) is 19.7. The van der Waals surface area contributed by atoms with Crippen LogP contribution in [0.25, 0.3) is 5.76 Å². The molecule has 3 aromatic carbocycles. The van der Waals surface area contributed by atoms with Gasteiger partial charge in [-0.05, 0) is 67.9 Å². The van der Waals surface area contributed by atoms with Gasteiger partial charge >= 0.3 is 0 Å². The molecule has 0 spiro atoms. The zero-order chi connectivity index (χ0) is 24.2. The van der Waals surface area contributed by atoms with Crippen LogP contribution >= 0.6 is 11.6 Å². The minimum absolute atomic E-state index is 0.00897. The van der Waals surface area contributed by atoms with Gasteiger partial charge in [-0.15, -0.1) is 0 Å². The standard InChI is InChI=1S/C27H24ClNO5/c1-3-33-21-12-8-17(9-13-21)24-23(25(30)18-6-5-7-19(28)16-18)26(31)27(32)29(24)20-10-14-22(15-11-20)34-4-2/h5-16,24,30H,3-4H2,1-2H3/b25-23-. The molecule has 1 amide bonds. The van der Waals surface area contributed by atoms with Crippen LogP contribution in [0.4, 0.5) is 5.69 Å². The first kappa shape index (κ1) is 23.4. The lowest BCUT2D eigenvalue weighted by atomic mass is 9.95. The van der Waals surface area contributed by atoms with Gasteiger partial charge in [0.05, 0.1) is 24.8 Å². The van der Waals surface area contributed by atoms with E-state index in [1.807, 2.05) is 13.8 Å². The monoisotopic (exact) mass is 477 g/mol. The Bertz CT molecular complexity index is 1230. The van der Waals surface area contributed by atoms with Crippen LogP contribution in [-0.4, -0.2) is 30.0 Å². The van der Waals surface area contributed by atoms with Gasteiger partial charge in [-0.2, -0.15) is 0 Å². The minimum Gasteiger partial charge on any atom is -0.507 e. The zero-order valence-corrected chi connectivity index (χ0v) is 19.6. The summed E-state index contributed by atoms with van der Waals surface area (Å²) in [5, 5.41) is 11.6. The number of anilines is 1. The van der Waals surface area contributed by atoms with Crippen molar-refractivity contribution in [3.63, 3.8) is 0 Å². The quantitative estimate of drug-likeness (QED) is 0.266. The second-order valence-electron chi connectivity index (χ2n) is 7.61. The summed E-state index contributed by atoms with van der Waals surface area (Å²) in [7, 11) is 0. The second kappa shape index (κ2) is 10.0. The predicted molar refractivity (Wildman–Crippen MR) is 131 cm³/mol. The molecule has 34 heavy (non-hydrogen) atoms. The molecule has 3 aromatic rings. The molecule has 1 aliphatic rings. The molecule has 1 atom stereocenters. The molecule has 174 valence electrons. The summed E-state index contributed by atoms with van der Waals surface area (Å²) < 4.78 is 11.0. The highest BCUT2D eigenvalue weighted by Gasteiger charge is 2.47. The third-order valence-electron chi connectivity index (χ3n) is 5.48. The van der Waals surface area contributed by atoms with E-state index in [0.29, 0.717) is 46.5 Å². The van der Waals surface area contributed by atoms with Crippen LogP contribution in [0.1, 0.15) is 31.0 Å². The molecular weight excluding hydrogens is 454 g/mol. The highest BCUT2D eigenvalue weighted by molar-refractivity contribution is 6.51. The van der Waals surface area contributed by atoms with Gasteiger partial charge in [0, 0.05) is 16.3 Å². The van der Waals surface area contributed by atoms with Crippen molar-refractivity contribution >= 4 is 34.7 Å². The number of ketones is 1. The van der Waals surface area contributed by atoms with E-state index in [-0.39, 0.29) is 11.3 Å². The fourth-order valence-electron chi connectivity index (χ4n) is 3.99. The van der Waals surface area contributed by atoms with Gasteiger partial charge < -0.3 is 14.6 Å². The number of Topliss-reactive ketones (excluding diaryl/α,β-unsaturated/α-hetero) is 1. The van der Waals surface area contributed by atoms with Crippen LogP contribution in [0.2, 0.25) is 5.02 Å². The molecule has 6 nitrogen and oxygen atoms in total. The van der Waals surface area contributed by atoms with Crippen molar-refractivity contribution in [2.45, 2.75) is 19.9 Å². The predicted octanol–water partition coefficient (Wildman–Crippen LogP) is 5.76. The highest BCUT2D eigenvalue weighted by Crippen LogP contribution is 2.43. The van der Waals surface area contributed by atoms with Crippen LogP contribution in [0.15, 0.2) is 78.4 Å². The van der Waals surface area contributed by atoms with Crippen molar-refractivity contribution in [1.29, 1.82) is 0 Å². The molecule has 1 aliphatic heterocycles. The third-order valence-corrected chi connectivity index (χ3v) is 5.71. The first-order valence-corrected chi connectivity index (χ1v) is 11.3. The zero-order valence-electron chi connectivity index (χ0n) is 18.8. The summed E-state index contributed by atoms with van der Waals surface area (Å²) in [6.07, 6.45) is 0. The average molecular weight is 478 g/mol. The Kier molecular flexibility index (Phi) is 6.89. The number of hydrogen-bond donors (Lipinski definition) is 1. The molecule has 0 aliphatic carbocycles. The Morgan fingerprint density at radius 1 is 0.912 bits per heavy atom. The third kappa shape index (κ3) is 4.50. The SMILES string of the molecule is CCOc1ccc(C2/C(=C(/O)c3cccc(Cl)c3)C(=O)C(=O)N2c2ccc(OCC)cc2)cc1. The van der Waals surface area contributed by atoms with Crippen LogP contribution in [-0.2, 0) is 9.59 Å². The topological polar surface area (TPSA) is 76.1 Å². The van der Waals surface area contributed by atoms with Gasteiger partial charge in [0.15, 0.2) is 0 Å². The van der Waals surface area contributed by atoms with Crippen molar-refractivity contribution in [1.82, 2.24) is 0 Å². The Balaban J connectivity index is 1.87. The maximum Gasteiger partial charge on any atom is 0.300 e. The molecule has 1 N–H and O–H groups in total. The van der Waals surface area contributed by atoms with E-state index in [1.54, 1.807) is 72.8 Å². The van der Waals surface area contributed by atoms with Crippen LogP contribution in [0.5, 0.6) is 11.5 Å². The first-order chi connectivity index (χ1) is 16.4. The number of aliphatic hydroxyl groups excluding tert-OH is 1. The van der Waals surface area contributed by atoms with Crippen molar-refractivity contribution in [3.05, 3.63) is 94.5 Å². The molecule has 4 rings (SSSR count). The van der Waals surface area contributed by atoms with E-state index >= 15 is 0 Å². The van der Waals surface area contributed by atoms with E-state index < -0.39 is 17.7 Å². The lowest BCUT2D eigenvalue weighted by Gasteiger charge is -2.25. The van der Waals surface area contributed by atoms with E-state index in [2.05, 4.69) is 0 Å². The van der Waals surface area contributed by atoms with Crippen molar-refractivity contribution in [3.8, 4) is 11.5 Å². The number of nitrogens with zero attached hydrogens (tertiary/aromatic N) is 1. The summed E-state index contributed by atoms with van der Waals surface area (Å²) in [5.41, 5.74) is 1.51. The van der Waals surface area contributed by atoms with Gasteiger partial charge in [0.2, 0.25) is 0 Å². The Labute approximate surface area is 203 Å². The molecule has 0 aromatic heterocycles. The molecule has 0 saturated carbocycles. The van der Waals surface area contributed by atoms with Crippen LogP contribution in [0.3, 0.4) is 0 Å². The van der Waals surface area contributed by atoms with E-state index in [0.717, 1.165) is 0 Å². The van der Waals surface area contributed by atoms with Crippen molar-refractivity contribution in [2.75, 3.05) is 18.1 Å². The van der Waals surface area contributed by atoms with Crippen LogP contribution < -0.4 is 14.4 Å². The van der Waals surface area contributed by atoms with Gasteiger partial charge in [-0.25, -0.2) is 0 Å². The molecule has 0 bridgehead atoms. The number of ether oxygens (including phenoxy) is 2. The maximum absolute atomic E-state index is 13.2. The molecule has 0 radical (unpaired) electrons. The van der Waals surface area contributed by atoms with Gasteiger partial charge in [0.1, 0.15) is 17.3 Å². The Hall–Kier alpha value is -3.77. The lowest BCUT2D eigenvalue weighted by Crippen LogP contribution is -2.29. The number of carbonyl (C=O) groups is 2. The lowest BCUT2D eigenvalue weighted by molar-refractivity contribution is -0.132. The van der Waals surface area contributed by atoms with Gasteiger partial charge in [-0.3, -0.25) is 14.5 Å². The number of halogens is 1. The van der Waals surface area contributed by atoms with Gasteiger partial charge in [-0.1, -0.05) is 35.9 Å². The first-order valence-electron chi connectivity index (χ1n) is 11.0. The number of benzene rings is 3. The summed E-state index contributed by atoms with van der Waals surface area (Å²) in [4.78, 5) is 27.8. The number of amides is 1. The molecule has 1 unspecified atom stereocenters. The Morgan fingerprint density at radius 2 is 1.50 bits per heavy atom. The smallest absolute Gasteiger partial charge is 0.300 e. The fourth-order valence-corrected chi connectivity index (χ4v) is 4.18. The number of hydrogen-bond acceptors (Lipinski definition) is 5. The number of aliphatic hydroxyl groups is 1. The second-order valence-corrected chi connectivity index (χ2v) is 8.04. The molecule has 1 saturated heterocycles. The summed E-state index contributed by atoms with van der Waals surface area (Å²) in [6.45, 7) is 4.79. The largest absolute Gasteiger partial charge is 0.507 e. The maximum atomic E-state index is 13.2. The molecule has 1 heterocycles. The van der Waals surface area contributed by atoms with Crippen LogP contribution in [0, 0.1) is 0 Å².